The topological polar surface area (TPSA) is 204 Å². The number of alkyl carbamates (subject to hydrolysis) is 1. The summed E-state index contributed by atoms with van der Waals surface area (Å²) in [6.07, 6.45) is -6.83. The highest BCUT2D eigenvalue weighted by Gasteiger charge is 2.81. The van der Waals surface area contributed by atoms with E-state index in [0.29, 0.717) is 23.3 Å². The normalized spacial score (nSPS) is 32.1. The molecule has 386 valence electrons. The number of rotatable bonds is 15. The van der Waals surface area contributed by atoms with Crippen molar-refractivity contribution in [2.75, 3.05) is 20.8 Å². The minimum absolute atomic E-state index is 0.00357. The number of hydrogen-bond donors (Lipinski definition) is 3. The van der Waals surface area contributed by atoms with Crippen molar-refractivity contribution in [2.45, 2.75) is 206 Å². The maximum Gasteiger partial charge on any atom is 0.408 e. The van der Waals surface area contributed by atoms with Crippen molar-refractivity contribution in [1.82, 2.24) is 5.32 Å². The molecule has 2 bridgehead atoms. The molecule has 5 aliphatic rings. The molecule has 0 aromatic heterocycles. The Labute approximate surface area is 409 Å². The number of carbonyl (C=O) groups excluding carboxylic acids is 4. The Morgan fingerprint density at radius 3 is 2.06 bits per heavy atom. The van der Waals surface area contributed by atoms with Gasteiger partial charge in [-0.15, -0.1) is 0 Å². The molecule has 17 heteroatoms. The number of hydrogen-bond acceptors (Lipinski definition) is 15. The molecule has 1 aromatic rings. The van der Waals surface area contributed by atoms with Crippen LogP contribution in [0.5, 0.6) is 11.5 Å². The summed E-state index contributed by atoms with van der Waals surface area (Å²) in [4.78, 5) is 57.3. The van der Waals surface area contributed by atoms with Crippen LogP contribution >= 0.6 is 0 Å². The Hall–Kier alpha value is -4.00. The largest absolute Gasteiger partial charge is 0.497 e. The van der Waals surface area contributed by atoms with Gasteiger partial charge in [0.25, 0.3) is 0 Å². The second-order valence-electron chi connectivity index (χ2n) is 22.9. The van der Waals surface area contributed by atoms with Crippen molar-refractivity contribution >= 4 is 32.3 Å². The van der Waals surface area contributed by atoms with E-state index >= 15 is 4.79 Å². The minimum Gasteiger partial charge on any atom is -0.497 e. The van der Waals surface area contributed by atoms with Gasteiger partial charge in [0.15, 0.2) is 11.7 Å². The Kier molecular flexibility index (Phi) is 15.1. The molecule has 12 atom stereocenters. The molecule has 4 fully saturated rings. The van der Waals surface area contributed by atoms with Crippen LogP contribution in [0.15, 0.2) is 41.0 Å². The van der Waals surface area contributed by atoms with E-state index in [1.165, 1.54) is 27.2 Å². The van der Waals surface area contributed by atoms with Gasteiger partial charge in [-0.25, -0.2) is 14.4 Å². The van der Waals surface area contributed by atoms with Gasteiger partial charge in [0.05, 0.1) is 45.0 Å². The van der Waals surface area contributed by atoms with Gasteiger partial charge in [-0.2, -0.15) is 0 Å². The first-order chi connectivity index (χ1) is 31.9. The highest BCUT2D eigenvalue weighted by atomic mass is 28.4. The number of allylic oxidation sites excluding steroid dienone is 1. The molecule has 3 aliphatic carbocycles. The van der Waals surface area contributed by atoms with Gasteiger partial charge in [0, 0.05) is 30.6 Å². The molecule has 69 heavy (non-hydrogen) atoms. The summed E-state index contributed by atoms with van der Waals surface area (Å²) in [5, 5.41) is 29.8. The standard InChI is InChI=1S/C52H79NO15Si/c1-26(2)21-34(53-47(58)67-48(11,12)13)41(68-69(27(3)4,28(5)6)29(7)8)46(57)63-36-24-52(59)44(65-45(56)33-22-32(60-17)19-20-35(33)61-18)42-50(16)37(23-38-51(42,25-62-38)66-31(10)54)64-43(50)40(55)39(30(36)9)49(52,14)15/h19-22,27-29,34,36-38,40-44,55,59H,23-25H2,1-18H3,(H,53,58)/t34-,36-,37+,38+,40+,41+,42-,43-,44-,50+,51-,52+/m0/s1. The molecule has 16 nitrogen and oxygen atoms in total. The number of carbonyl (C=O) groups is 4. The highest BCUT2D eigenvalue weighted by molar-refractivity contribution is 6.77. The Morgan fingerprint density at radius 2 is 1.55 bits per heavy atom. The average Bonchev–Trinajstić information content (AvgIpc) is 3.21. The first kappa shape index (κ1) is 54.3. The Morgan fingerprint density at radius 1 is 0.928 bits per heavy atom. The maximum atomic E-state index is 15.5. The monoisotopic (exact) mass is 986 g/mol. The lowest BCUT2D eigenvalue weighted by atomic mass is 9.42. The lowest BCUT2D eigenvalue weighted by Crippen LogP contribution is -2.86. The number of esters is 3. The van der Waals surface area contributed by atoms with E-state index in [1.54, 1.807) is 59.8 Å². The van der Waals surface area contributed by atoms with Crippen molar-refractivity contribution in [3.8, 4) is 11.5 Å². The van der Waals surface area contributed by atoms with E-state index in [2.05, 4.69) is 46.9 Å². The van der Waals surface area contributed by atoms with Gasteiger partial charge < -0.3 is 57.9 Å². The molecule has 2 saturated heterocycles. The first-order valence-electron chi connectivity index (χ1n) is 24.4. The second-order valence-corrected chi connectivity index (χ2v) is 28.3. The number of aliphatic hydroxyl groups excluding tert-OH is 1. The van der Waals surface area contributed by atoms with Crippen LogP contribution in [0.25, 0.3) is 0 Å². The number of aliphatic hydroxyl groups is 2. The molecule has 2 heterocycles. The zero-order chi connectivity index (χ0) is 51.7. The fraction of sp³-hybridized carbons (Fsp3) is 0.731. The molecule has 1 aromatic carbocycles. The highest BCUT2D eigenvalue weighted by Crippen LogP contribution is 2.69. The van der Waals surface area contributed by atoms with Gasteiger partial charge in [0.1, 0.15) is 52.7 Å². The zero-order valence-corrected chi connectivity index (χ0v) is 45.1. The van der Waals surface area contributed by atoms with Gasteiger partial charge in [-0.1, -0.05) is 74.0 Å². The molecule has 0 radical (unpaired) electrons. The van der Waals surface area contributed by atoms with Crippen LogP contribution in [0.1, 0.15) is 134 Å². The van der Waals surface area contributed by atoms with E-state index < -0.39 is 115 Å². The summed E-state index contributed by atoms with van der Waals surface area (Å²) in [5.74, 6) is -2.82. The molecular weight excluding hydrogens is 907 g/mol. The number of amides is 1. The van der Waals surface area contributed by atoms with Gasteiger partial charge in [-0.05, 0) is 87.5 Å². The minimum atomic E-state index is -2.94. The number of fused-ring (bicyclic) bond motifs is 4. The van der Waals surface area contributed by atoms with Gasteiger partial charge >= 0.3 is 24.0 Å². The van der Waals surface area contributed by atoms with Crippen LogP contribution in [0.3, 0.4) is 0 Å². The van der Waals surface area contributed by atoms with Gasteiger partial charge in [-0.3, -0.25) is 4.79 Å². The van der Waals surface area contributed by atoms with E-state index in [1.807, 2.05) is 20.8 Å². The van der Waals surface area contributed by atoms with Crippen LogP contribution in [-0.2, 0) is 42.4 Å². The van der Waals surface area contributed by atoms with Crippen LogP contribution in [0.2, 0.25) is 16.6 Å². The van der Waals surface area contributed by atoms with Crippen LogP contribution < -0.4 is 14.8 Å². The van der Waals surface area contributed by atoms with Gasteiger partial charge in [0.2, 0.25) is 8.32 Å². The number of methoxy groups -OCH3 is 2. The van der Waals surface area contributed by atoms with E-state index in [0.717, 1.165) is 5.57 Å². The summed E-state index contributed by atoms with van der Waals surface area (Å²) in [6.45, 7) is 29.8. The van der Waals surface area contributed by atoms with Crippen molar-refractivity contribution in [3.05, 3.63) is 46.6 Å². The predicted octanol–water partition coefficient (Wildman–Crippen LogP) is 7.91. The molecule has 0 spiro atoms. The van der Waals surface area contributed by atoms with E-state index in [-0.39, 0.29) is 41.0 Å². The third-order valence-electron chi connectivity index (χ3n) is 16.1. The molecule has 3 N–H and O–H groups in total. The maximum absolute atomic E-state index is 15.5. The van der Waals surface area contributed by atoms with E-state index in [4.69, 9.17) is 42.3 Å². The fourth-order valence-electron chi connectivity index (χ4n) is 13.0. The van der Waals surface area contributed by atoms with Crippen molar-refractivity contribution in [3.63, 3.8) is 0 Å². The van der Waals surface area contributed by atoms with Crippen molar-refractivity contribution in [1.29, 1.82) is 0 Å². The van der Waals surface area contributed by atoms with Crippen molar-refractivity contribution in [2.24, 2.45) is 16.7 Å². The first-order valence-corrected chi connectivity index (χ1v) is 26.6. The van der Waals surface area contributed by atoms with Crippen molar-refractivity contribution < 1.29 is 71.7 Å². The van der Waals surface area contributed by atoms with Crippen LogP contribution in [0.4, 0.5) is 4.79 Å². The third kappa shape index (κ3) is 9.15. The fourth-order valence-corrected chi connectivity index (χ4v) is 18.5. The number of nitrogens with one attached hydrogen (secondary N) is 1. The third-order valence-corrected chi connectivity index (χ3v) is 22.1. The van der Waals surface area contributed by atoms with E-state index in [9.17, 15) is 24.6 Å². The molecule has 2 aliphatic heterocycles. The summed E-state index contributed by atoms with van der Waals surface area (Å²) in [6, 6.07) is 3.61. The second kappa shape index (κ2) is 19.2. The molecule has 0 unspecified atom stereocenters. The van der Waals surface area contributed by atoms with Crippen LogP contribution in [-0.4, -0.2) is 129 Å². The summed E-state index contributed by atoms with van der Waals surface area (Å²) in [5.41, 5.74) is -5.32. The summed E-state index contributed by atoms with van der Waals surface area (Å²) in [7, 11) is -0.0646. The molecule has 2 saturated carbocycles. The Bertz CT molecular complexity index is 2190. The summed E-state index contributed by atoms with van der Waals surface area (Å²) < 4.78 is 56.6. The van der Waals surface area contributed by atoms with Crippen LogP contribution in [0, 0.1) is 16.7 Å². The smallest absolute Gasteiger partial charge is 0.408 e. The molecular formula is C52H79NO15Si. The SMILES string of the molecule is COc1ccc(OC)c(C(=O)O[C@H]2[C@@H]3[C@]4(OC(C)=O)CO[C@@H]4C[C@H]4O[C@@H]([C@H](O)C5=C(C)[C@@H](OC(=O)[C@H](O[Si](C(C)C)(C(C)C)C(C)C)[C@H](C=C(C)C)NC(=O)OC(C)(C)C)C[C@]2(O)C5(C)C)[C@@]34C)c1. The number of ether oxygens (including phenoxy) is 8. The summed E-state index contributed by atoms with van der Waals surface area (Å²) >= 11 is 0. The zero-order valence-electron chi connectivity index (χ0n) is 44.1. The Balaban J connectivity index is 1.56. The average molecular weight is 986 g/mol. The quantitative estimate of drug-likeness (QED) is 0.0662. The lowest BCUT2D eigenvalue weighted by molar-refractivity contribution is -0.416. The molecule has 6 rings (SSSR count). The number of benzene rings is 1. The predicted molar refractivity (Wildman–Crippen MR) is 258 cm³/mol. The molecule has 1 amide bonds. The lowest BCUT2D eigenvalue weighted by Gasteiger charge is -2.74.